The van der Waals surface area contributed by atoms with E-state index in [1.165, 1.54) is 13.3 Å². The molecule has 0 aromatic heterocycles. The molecule has 0 radical (unpaired) electrons. The molecule has 5 heteroatoms. The monoisotopic (exact) mass is 334 g/mol. The van der Waals surface area contributed by atoms with Crippen LogP contribution in [0.1, 0.15) is 65.7 Å². The first-order valence-electron chi connectivity index (χ1n) is 9.09. The SMILES string of the molecule is CCC1(C(OO)C(C)(CC)C(F)(F)F)C2CC3CC(C2)CC1C3. The Balaban J connectivity index is 2.04. The zero-order valence-electron chi connectivity index (χ0n) is 14.3. The molecule has 4 aliphatic carbocycles. The molecule has 2 atom stereocenters. The molecule has 0 amide bonds. The van der Waals surface area contributed by atoms with Crippen LogP contribution in [0.5, 0.6) is 0 Å². The Morgan fingerprint density at radius 2 is 1.52 bits per heavy atom. The topological polar surface area (TPSA) is 29.5 Å². The lowest BCUT2D eigenvalue weighted by atomic mass is 9.41. The van der Waals surface area contributed by atoms with Gasteiger partial charge in [0.25, 0.3) is 0 Å². The van der Waals surface area contributed by atoms with E-state index >= 15 is 0 Å². The van der Waals surface area contributed by atoms with E-state index in [4.69, 9.17) is 4.89 Å². The normalized spacial score (nSPS) is 43.4. The predicted molar refractivity (Wildman–Crippen MR) is 81.7 cm³/mol. The van der Waals surface area contributed by atoms with Crippen molar-refractivity contribution < 1.29 is 23.3 Å². The highest BCUT2D eigenvalue weighted by atomic mass is 19.4. The van der Waals surface area contributed by atoms with Crippen molar-refractivity contribution in [3.05, 3.63) is 0 Å². The van der Waals surface area contributed by atoms with Crippen molar-refractivity contribution in [3.63, 3.8) is 0 Å². The van der Waals surface area contributed by atoms with Crippen LogP contribution < -0.4 is 0 Å². The maximum Gasteiger partial charge on any atom is 0.396 e. The smallest absolute Gasteiger partial charge is 0.251 e. The lowest BCUT2D eigenvalue weighted by Crippen LogP contribution is -2.64. The second-order valence-corrected chi connectivity index (χ2v) is 8.52. The van der Waals surface area contributed by atoms with Crippen molar-refractivity contribution >= 4 is 0 Å². The molecule has 4 fully saturated rings. The second-order valence-electron chi connectivity index (χ2n) is 8.52. The largest absolute Gasteiger partial charge is 0.396 e. The molecule has 0 heterocycles. The van der Waals surface area contributed by atoms with Gasteiger partial charge in [-0.1, -0.05) is 13.8 Å². The van der Waals surface area contributed by atoms with Crippen LogP contribution in [0.15, 0.2) is 0 Å². The highest BCUT2D eigenvalue weighted by molar-refractivity contribution is 5.12. The summed E-state index contributed by atoms with van der Waals surface area (Å²) < 4.78 is 41.6. The Morgan fingerprint density at radius 1 is 1.04 bits per heavy atom. The minimum absolute atomic E-state index is 0.0736. The van der Waals surface area contributed by atoms with Gasteiger partial charge in [0.15, 0.2) is 0 Å². The molecule has 0 spiro atoms. The van der Waals surface area contributed by atoms with Crippen LogP contribution in [0.3, 0.4) is 0 Å². The maximum absolute atomic E-state index is 13.9. The first-order valence-corrected chi connectivity index (χ1v) is 9.09. The van der Waals surface area contributed by atoms with Crippen molar-refractivity contribution in [1.29, 1.82) is 0 Å². The summed E-state index contributed by atoms with van der Waals surface area (Å²) in [6.07, 6.45) is 0.329. The van der Waals surface area contributed by atoms with Crippen LogP contribution in [0.4, 0.5) is 13.2 Å². The fourth-order valence-electron chi connectivity index (χ4n) is 6.59. The van der Waals surface area contributed by atoms with Gasteiger partial charge >= 0.3 is 6.18 Å². The first-order chi connectivity index (χ1) is 10.7. The molecular formula is C18H29F3O2. The molecule has 4 saturated carbocycles. The van der Waals surface area contributed by atoms with Crippen LogP contribution in [0.2, 0.25) is 0 Å². The Morgan fingerprint density at radius 3 is 1.83 bits per heavy atom. The molecule has 1 N–H and O–H groups in total. The first kappa shape index (κ1) is 17.5. The summed E-state index contributed by atoms with van der Waals surface area (Å²) in [6, 6.07) is 0. The van der Waals surface area contributed by atoms with E-state index in [9.17, 15) is 18.4 Å². The number of alkyl halides is 3. The number of hydrogen-bond donors (Lipinski definition) is 1. The molecule has 23 heavy (non-hydrogen) atoms. The molecule has 134 valence electrons. The van der Waals surface area contributed by atoms with Gasteiger partial charge in [-0.25, -0.2) is 4.89 Å². The van der Waals surface area contributed by atoms with Gasteiger partial charge in [0.05, 0.1) is 5.41 Å². The van der Waals surface area contributed by atoms with E-state index in [-0.39, 0.29) is 18.3 Å². The van der Waals surface area contributed by atoms with Crippen LogP contribution in [0.25, 0.3) is 0 Å². The Kier molecular flexibility index (Phi) is 4.28. The molecule has 0 aliphatic heterocycles. The fourth-order valence-corrected chi connectivity index (χ4v) is 6.59. The summed E-state index contributed by atoms with van der Waals surface area (Å²) in [6.45, 7) is 4.77. The summed E-state index contributed by atoms with van der Waals surface area (Å²) in [4.78, 5) is 4.73. The fraction of sp³-hybridized carbons (Fsp3) is 1.00. The van der Waals surface area contributed by atoms with Crippen LogP contribution in [-0.4, -0.2) is 17.5 Å². The average Bonchev–Trinajstić information content (AvgIpc) is 2.48. The minimum Gasteiger partial charge on any atom is -0.251 e. The lowest BCUT2D eigenvalue weighted by Gasteiger charge is -2.65. The standard InChI is InChI=1S/C18H29F3O2/c1-4-16(3,18(19,20)21)15(23-22)17(5-2)13-7-11-6-12(9-13)10-14(17)8-11/h11-15,22H,4-10H2,1-3H3. The zero-order chi connectivity index (χ0) is 17.0. The number of rotatable bonds is 5. The van der Waals surface area contributed by atoms with Gasteiger partial charge in [0, 0.05) is 5.41 Å². The molecule has 2 nitrogen and oxygen atoms in total. The highest BCUT2D eigenvalue weighted by Gasteiger charge is 2.68. The Hall–Kier alpha value is -0.290. The molecule has 0 aromatic rings. The second kappa shape index (κ2) is 5.62. The quantitative estimate of drug-likeness (QED) is 0.518. The predicted octanol–water partition coefficient (Wildman–Crippen LogP) is 5.68. The summed E-state index contributed by atoms with van der Waals surface area (Å²) in [5, 5.41) is 9.64. The summed E-state index contributed by atoms with van der Waals surface area (Å²) in [7, 11) is 0. The van der Waals surface area contributed by atoms with Crippen LogP contribution in [-0.2, 0) is 4.89 Å². The average molecular weight is 334 g/mol. The molecule has 0 aromatic carbocycles. The van der Waals surface area contributed by atoms with Gasteiger partial charge < -0.3 is 0 Å². The summed E-state index contributed by atoms with van der Waals surface area (Å²) in [5.41, 5.74) is -2.55. The van der Waals surface area contributed by atoms with Crippen LogP contribution >= 0.6 is 0 Å². The number of halogens is 3. The van der Waals surface area contributed by atoms with Crippen molar-refractivity contribution in [2.45, 2.75) is 78.0 Å². The van der Waals surface area contributed by atoms with E-state index < -0.39 is 23.1 Å². The van der Waals surface area contributed by atoms with Gasteiger partial charge in [0.1, 0.15) is 6.10 Å². The molecule has 4 rings (SSSR count). The van der Waals surface area contributed by atoms with Crippen molar-refractivity contribution in [2.24, 2.45) is 34.5 Å². The van der Waals surface area contributed by atoms with Crippen molar-refractivity contribution in [1.82, 2.24) is 0 Å². The van der Waals surface area contributed by atoms with Crippen molar-refractivity contribution in [2.75, 3.05) is 0 Å². The summed E-state index contributed by atoms with van der Waals surface area (Å²) >= 11 is 0. The van der Waals surface area contributed by atoms with Gasteiger partial charge in [-0.3, -0.25) is 5.26 Å². The zero-order valence-corrected chi connectivity index (χ0v) is 14.3. The highest BCUT2D eigenvalue weighted by Crippen LogP contribution is 2.68. The van der Waals surface area contributed by atoms with Gasteiger partial charge in [-0.15, -0.1) is 0 Å². The third-order valence-corrected chi connectivity index (χ3v) is 7.82. The molecule has 4 bridgehead atoms. The van der Waals surface area contributed by atoms with Crippen LogP contribution in [0, 0.1) is 34.5 Å². The lowest BCUT2D eigenvalue weighted by molar-refractivity contribution is -0.390. The van der Waals surface area contributed by atoms with E-state index in [0.717, 1.165) is 25.7 Å². The third kappa shape index (κ3) is 2.29. The maximum atomic E-state index is 13.9. The van der Waals surface area contributed by atoms with E-state index in [1.54, 1.807) is 6.92 Å². The molecule has 4 aliphatic rings. The van der Waals surface area contributed by atoms with Gasteiger partial charge in [-0.05, 0) is 75.5 Å². The van der Waals surface area contributed by atoms with Gasteiger partial charge in [0.2, 0.25) is 0 Å². The molecule has 0 saturated heterocycles. The Bertz CT molecular complexity index is 420. The number of hydrogen-bond acceptors (Lipinski definition) is 2. The van der Waals surface area contributed by atoms with Gasteiger partial charge in [-0.2, -0.15) is 13.2 Å². The summed E-state index contributed by atoms with van der Waals surface area (Å²) in [5.74, 6) is 1.87. The molecule has 2 unspecified atom stereocenters. The molecular weight excluding hydrogens is 305 g/mol. The van der Waals surface area contributed by atoms with E-state index in [1.807, 2.05) is 6.92 Å². The van der Waals surface area contributed by atoms with E-state index in [0.29, 0.717) is 18.3 Å². The Labute approximate surface area is 136 Å². The third-order valence-electron chi connectivity index (χ3n) is 7.82. The minimum atomic E-state index is -4.38. The van der Waals surface area contributed by atoms with Crippen molar-refractivity contribution in [3.8, 4) is 0 Å². The van der Waals surface area contributed by atoms with E-state index in [2.05, 4.69) is 0 Å².